The van der Waals surface area contributed by atoms with Crippen molar-refractivity contribution >= 4 is 11.6 Å². The number of rotatable bonds is 2. The molecule has 3 atom stereocenters. The summed E-state index contributed by atoms with van der Waals surface area (Å²) in [5.41, 5.74) is -0.691. The molecule has 0 radical (unpaired) electrons. The number of hydrogen-bond acceptors (Lipinski definition) is 5. The average Bonchev–Trinajstić information content (AvgIpc) is 2.94. The van der Waals surface area contributed by atoms with Gasteiger partial charge in [0.05, 0.1) is 5.92 Å². The van der Waals surface area contributed by atoms with Crippen LogP contribution in [0.2, 0.25) is 0 Å². The van der Waals surface area contributed by atoms with E-state index in [1.807, 2.05) is 0 Å². The number of aromatic nitrogens is 5. The molecule has 1 saturated carbocycles. The highest BCUT2D eigenvalue weighted by molar-refractivity contribution is 5.97. The van der Waals surface area contributed by atoms with Crippen molar-refractivity contribution in [1.29, 1.82) is 0 Å². The Hall–Kier alpha value is -2.46. The third-order valence-corrected chi connectivity index (χ3v) is 4.45. The second-order valence-electron chi connectivity index (χ2n) is 6.50. The topological polar surface area (TPSA) is 94.2 Å². The molecule has 3 rings (SSSR count). The van der Waals surface area contributed by atoms with Gasteiger partial charge in [0.25, 0.3) is 5.91 Å². The van der Waals surface area contributed by atoms with Gasteiger partial charge in [0.1, 0.15) is 6.33 Å². The lowest BCUT2D eigenvalue weighted by Gasteiger charge is -2.34. The van der Waals surface area contributed by atoms with Crippen molar-refractivity contribution in [2.75, 3.05) is 0 Å². The Bertz CT molecular complexity index is 858. The third-order valence-electron chi connectivity index (χ3n) is 4.45. The van der Waals surface area contributed by atoms with Crippen LogP contribution in [-0.2, 0) is 7.05 Å². The zero-order valence-electron chi connectivity index (χ0n) is 13.6. The zero-order valence-corrected chi connectivity index (χ0v) is 13.6. The monoisotopic (exact) mass is 358 g/mol. The summed E-state index contributed by atoms with van der Waals surface area (Å²) < 4.78 is 41.1. The molecule has 2 aromatic rings. The van der Waals surface area contributed by atoms with E-state index in [-0.39, 0.29) is 30.1 Å². The minimum Gasteiger partial charge on any atom is -0.348 e. The van der Waals surface area contributed by atoms with Gasteiger partial charge in [0.2, 0.25) is 0 Å². The van der Waals surface area contributed by atoms with Gasteiger partial charge in [0, 0.05) is 13.1 Å². The van der Waals surface area contributed by atoms with Crippen LogP contribution in [0.1, 0.15) is 36.7 Å². The normalized spacial score (nSPS) is 24.4. The van der Waals surface area contributed by atoms with E-state index in [1.165, 1.54) is 7.05 Å². The predicted molar refractivity (Wildman–Crippen MR) is 79.8 cm³/mol. The Labute approximate surface area is 140 Å². The van der Waals surface area contributed by atoms with Crippen molar-refractivity contribution in [3.05, 3.63) is 22.5 Å². The number of carbonyl (C=O) groups is 1. The maximum Gasteiger partial charge on any atom is 0.391 e. The predicted octanol–water partition coefficient (Wildman–Crippen LogP) is 0.920. The van der Waals surface area contributed by atoms with E-state index in [2.05, 4.69) is 20.6 Å². The first-order chi connectivity index (χ1) is 11.7. The summed E-state index contributed by atoms with van der Waals surface area (Å²) in [7, 11) is 1.40. The standard InChI is InChI=1S/C14H17F3N6O2/c1-7-3-8(14(15,16)17)5-9(4-7)19-12(24)10-11-20-21-22(2)13(25)23(11)6-18-10/h6-9H,3-5H2,1-2H3,(H,19,24). The molecule has 11 heteroatoms. The number of imidazole rings is 1. The van der Waals surface area contributed by atoms with Gasteiger partial charge in [-0.1, -0.05) is 12.1 Å². The molecule has 1 fully saturated rings. The summed E-state index contributed by atoms with van der Waals surface area (Å²) in [4.78, 5) is 28.1. The lowest BCUT2D eigenvalue weighted by molar-refractivity contribution is -0.187. The maximum atomic E-state index is 13.0. The fraction of sp³-hybridized carbons (Fsp3) is 0.643. The van der Waals surface area contributed by atoms with Gasteiger partial charge in [-0.25, -0.2) is 14.2 Å². The van der Waals surface area contributed by atoms with E-state index in [1.54, 1.807) is 6.92 Å². The van der Waals surface area contributed by atoms with E-state index in [0.717, 1.165) is 15.4 Å². The van der Waals surface area contributed by atoms with Crippen LogP contribution in [0.5, 0.6) is 0 Å². The van der Waals surface area contributed by atoms with Gasteiger partial charge in [-0.05, 0) is 25.2 Å². The number of aryl methyl sites for hydroxylation is 1. The second-order valence-corrected chi connectivity index (χ2v) is 6.50. The molecule has 0 spiro atoms. The number of halogens is 3. The van der Waals surface area contributed by atoms with E-state index in [4.69, 9.17) is 0 Å². The zero-order chi connectivity index (χ0) is 18.4. The molecule has 25 heavy (non-hydrogen) atoms. The summed E-state index contributed by atoms with van der Waals surface area (Å²) in [5.74, 6) is -2.26. The molecule has 0 bridgehead atoms. The van der Waals surface area contributed by atoms with Crippen LogP contribution in [0, 0.1) is 11.8 Å². The average molecular weight is 358 g/mol. The lowest BCUT2D eigenvalue weighted by Crippen LogP contribution is -2.44. The summed E-state index contributed by atoms with van der Waals surface area (Å²) in [6.45, 7) is 1.73. The molecule has 3 unspecified atom stereocenters. The van der Waals surface area contributed by atoms with Gasteiger partial charge < -0.3 is 5.32 Å². The fourth-order valence-electron chi connectivity index (χ4n) is 3.28. The Morgan fingerprint density at radius 3 is 2.72 bits per heavy atom. The SMILES string of the molecule is CC1CC(NC(=O)c2ncn3c(=O)n(C)nnc23)CC(C(F)(F)F)C1. The number of nitrogens with zero attached hydrogens (tertiary/aromatic N) is 5. The Morgan fingerprint density at radius 1 is 1.32 bits per heavy atom. The minimum absolute atomic E-state index is 0.0307. The van der Waals surface area contributed by atoms with Crippen LogP contribution in [0.25, 0.3) is 5.65 Å². The molecule has 136 valence electrons. The number of fused-ring (bicyclic) bond motifs is 1. The molecular formula is C14H17F3N6O2. The van der Waals surface area contributed by atoms with E-state index in [9.17, 15) is 22.8 Å². The van der Waals surface area contributed by atoms with Crippen LogP contribution in [0.3, 0.4) is 0 Å². The molecule has 2 aromatic heterocycles. The van der Waals surface area contributed by atoms with Crippen molar-refractivity contribution in [2.24, 2.45) is 18.9 Å². The molecule has 2 heterocycles. The first-order valence-corrected chi connectivity index (χ1v) is 7.81. The largest absolute Gasteiger partial charge is 0.391 e. The lowest BCUT2D eigenvalue weighted by atomic mass is 9.79. The van der Waals surface area contributed by atoms with Crippen LogP contribution in [0.4, 0.5) is 13.2 Å². The summed E-state index contributed by atoms with van der Waals surface area (Å²) >= 11 is 0. The van der Waals surface area contributed by atoms with Crippen LogP contribution >= 0.6 is 0 Å². The quantitative estimate of drug-likeness (QED) is 0.862. The minimum atomic E-state index is -4.28. The van der Waals surface area contributed by atoms with Crippen LogP contribution in [-0.4, -0.2) is 42.5 Å². The van der Waals surface area contributed by atoms with Gasteiger partial charge >= 0.3 is 11.9 Å². The molecular weight excluding hydrogens is 341 g/mol. The van der Waals surface area contributed by atoms with Gasteiger partial charge in [-0.2, -0.15) is 17.9 Å². The number of nitrogens with one attached hydrogen (secondary N) is 1. The summed E-state index contributed by atoms with van der Waals surface area (Å²) in [6.07, 6.45) is -2.79. The van der Waals surface area contributed by atoms with Crippen LogP contribution < -0.4 is 11.0 Å². The number of amides is 1. The second kappa shape index (κ2) is 6.12. The van der Waals surface area contributed by atoms with E-state index < -0.39 is 29.7 Å². The van der Waals surface area contributed by atoms with Crippen molar-refractivity contribution in [3.8, 4) is 0 Å². The van der Waals surface area contributed by atoms with Crippen LogP contribution in [0.15, 0.2) is 11.1 Å². The van der Waals surface area contributed by atoms with Gasteiger partial charge in [-0.15, -0.1) is 5.10 Å². The highest BCUT2D eigenvalue weighted by Gasteiger charge is 2.44. The van der Waals surface area contributed by atoms with E-state index >= 15 is 0 Å². The Morgan fingerprint density at radius 2 is 2.04 bits per heavy atom. The number of alkyl halides is 3. The van der Waals surface area contributed by atoms with Crippen molar-refractivity contribution in [1.82, 2.24) is 29.7 Å². The molecule has 0 aromatic carbocycles. The Balaban J connectivity index is 1.80. The summed E-state index contributed by atoms with van der Waals surface area (Å²) in [5, 5.41) is 9.94. The van der Waals surface area contributed by atoms with Gasteiger partial charge in [-0.3, -0.25) is 4.79 Å². The first-order valence-electron chi connectivity index (χ1n) is 7.81. The van der Waals surface area contributed by atoms with Gasteiger partial charge in [0.15, 0.2) is 11.3 Å². The molecule has 1 N–H and O–H groups in total. The third kappa shape index (κ3) is 3.35. The smallest absolute Gasteiger partial charge is 0.348 e. The molecule has 0 saturated heterocycles. The first kappa shape index (κ1) is 17.4. The Kier molecular flexibility index (Phi) is 4.25. The number of hydrogen-bond donors (Lipinski definition) is 1. The molecule has 8 nitrogen and oxygen atoms in total. The van der Waals surface area contributed by atoms with Crippen molar-refractivity contribution < 1.29 is 18.0 Å². The fourth-order valence-corrected chi connectivity index (χ4v) is 3.28. The summed E-state index contributed by atoms with van der Waals surface area (Å²) in [6, 6.07) is -0.612. The number of carbonyl (C=O) groups excluding carboxylic acids is 1. The van der Waals surface area contributed by atoms with Crippen molar-refractivity contribution in [3.63, 3.8) is 0 Å². The highest BCUT2D eigenvalue weighted by Crippen LogP contribution is 2.39. The molecule has 1 aliphatic rings. The molecule has 1 aliphatic carbocycles. The van der Waals surface area contributed by atoms with E-state index in [0.29, 0.717) is 6.42 Å². The highest BCUT2D eigenvalue weighted by atomic mass is 19.4. The van der Waals surface area contributed by atoms with Crippen molar-refractivity contribution in [2.45, 2.75) is 38.4 Å². The molecule has 0 aliphatic heterocycles. The molecule has 1 amide bonds. The maximum absolute atomic E-state index is 13.0.